The number of hydrogen-bond donors (Lipinski definition) is 2. The van der Waals surface area contributed by atoms with Gasteiger partial charge in [0.25, 0.3) is 11.8 Å². The van der Waals surface area contributed by atoms with Crippen molar-refractivity contribution >= 4 is 40.1 Å². The Bertz CT molecular complexity index is 686. The van der Waals surface area contributed by atoms with Crippen LogP contribution in [-0.4, -0.2) is 17.9 Å². The van der Waals surface area contributed by atoms with Crippen LogP contribution in [0.15, 0.2) is 48.5 Å². The molecule has 0 bridgehead atoms. The summed E-state index contributed by atoms with van der Waals surface area (Å²) in [5.41, 5.74) is 6.21. The molecule has 1 atom stereocenters. The fourth-order valence-corrected chi connectivity index (χ4v) is 2.15. The van der Waals surface area contributed by atoms with Gasteiger partial charge in [0.1, 0.15) is 5.75 Å². The third-order valence-corrected chi connectivity index (χ3v) is 3.66. The first-order valence-electron chi connectivity index (χ1n) is 6.59. The molecule has 3 N–H and O–H groups in total. The van der Waals surface area contributed by atoms with Crippen LogP contribution in [0.3, 0.4) is 0 Å². The molecule has 0 aromatic heterocycles. The molecule has 0 saturated carbocycles. The van der Waals surface area contributed by atoms with E-state index >= 15 is 0 Å². The number of benzene rings is 2. The molecule has 0 spiro atoms. The van der Waals surface area contributed by atoms with Gasteiger partial charge < -0.3 is 15.8 Å². The Morgan fingerprint density at radius 1 is 1.14 bits per heavy atom. The zero-order chi connectivity index (χ0) is 16.1. The predicted molar refractivity (Wildman–Crippen MR) is 92.8 cm³/mol. The van der Waals surface area contributed by atoms with Crippen molar-refractivity contribution < 1.29 is 14.3 Å². The lowest BCUT2D eigenvalue weighted by Gasteiger charge is -2.16. The van der Waals surface area contributed by atoms with Crippen molar-refractivity contribution in [2.45, 2.75) is 13.0 Å². The zero-order valence-corrected chi connectivity index (χ0v) is 14.0. The van der Waals surface area contributed by atoms with Crippen LogP contribution in [0, 0.1) is 3.57 Å². The maximum atomic E-state index is 12.1. The van der Waals surface area contributed by atoms with Gasteiger partial charge in [-0.15, -0.1) is 0 Å². The molecule has 0 fully saturated rings. The van der Waals surface area contributed by atoms with Crippen molar-refractivity contribution in [3.05, 3.63) is 57.7 Å². The van der Waals surface area contributed by atoms with Crippen LogP contribution >= 0.6 is 22.6 Å². The molecule has 2 aromatic rings. The van der Waals surface area contributed by atoms with E-state index in [1.165, 1.54) is 0 Å². The van der Waals surface area contributed by atoms with E-state index in [4.69, 9.17) is 10.5 Å². The van der Waals surface area contributed by atoms with E-state index in [1.807, 2.05) is 24.3 Å². The molecule has 0 radical (unpaired) electrons. The first kappa shape index (κ1) is 16.3. The summed E-state index contributed by atoms with van der Waals surface area (Å²) < 4.78 is 6.63. The Labute approximate surface area is 142 Å². The molecule has 0 saturated heterocycles. The fourth-order valence-electron chi connectivity index (χ4n) is 1.79. The Hall–Kier alpha value is -2.09. The summed E-state index contributed by atoms with van der Waals surface area (Å²) in [5, 5.41) is 2.75. The average Bonchev–Trinajstić information content (AvgIpc) is 2.49. The van der Waals surface area contributed by atoms with Crippen LogP contribution in [0.1, 0.15) is 17.3 Å². The van der Waals surface area contributed by atoms with Crippen molar-refractivity contribution in [3.63, 3.8) is 0 Å². The maximum Gasteiger partial charge on any atom is 0.265 e. The predicted octanol–water partition coefficient (Wildman–Crippen LogP) is 2.80. The summed E-state index contributed by atoms with van der Waals surface area (Å²) in [6.07, 6.45) is -0.764. The van der Waals surface area contributed by atoms with Crippen molar-refractivity contribution in [2.75, 3.05) is 5.32 Å². The summed E-state index contributed by atoms with van der Waals surface area (Å²) in [6.45, 7) is 1.61. The van der Waals surface area contributed by atoms with E-state index < -0.39 is 12.0 Å². The Balaban J connectivity index is 2.05. The molecule has 5 nitrogen and oxygen atoms in total. The Morgan fingerprint density at radius 3 is 2.41 bits per heavy atom. The number of anilines is 1. The van der Waals surface area contributed by atoms with Gasteiger partial charge in [-0.1, -0.05) is 12.1 Å². The van der Waals surface area contributed by atoms with Gasteiger partial charge in [-0.3, -0.25) is 9.59 Å². The van der Waals surface area contributed by atoms with Gasteiger partial charge in [0, 0.05) is 9.26 Å². The number of nitrogens with one attached hydrogen (secondary N) is 1. The van der Waals surface area contributed by atoms with Crippen LogP contribution in [0.4, 0.5) is 5.69 Å². The molecular weight excluding hydrogens is 395 g/mol. The number of primary amides is 1. The Morgan fingerprint density at radius 2 is 1.77 bits per heavy atom. The Kier molecular flexibility index (Phi) is 5.37. The smallest absolute Gasteiger partial charge is 0.265 e. The van der Waals surface area contributed by atoms with Gasteiger partial charge in [0.2, 0.25) is 0 Å². The fraction of sp³-hybridized carbons (Fsp3) is 0.125. The molecule has 6 heteroatoms. The molecule has 0 aliphatic rings. The second-order valence-corrected chi connectivity index (χ2v) is 5.86. The number of carbonyl (C=O) groups excluding carboxylic acids is 2. The van der Waals surface area contributed by atoms with Gasteiger partial charge >= 0.3 is 0 Å². The monoisotopic (exact) mass is 410 g/mol. The van der Waals surface area contributed by atoms with Gasteiger partial charge in [0.05, 0.1) is 5.56 Å². The summed E-state index contributed by atoms with van der Waals surface area (Å²) >= 11 is 2.19. The molecule has 0 heterocycles. The highest BCUT2D eigenvalue weighted by atomic mass is 127. The zero-order valence-electron chi connectivity index (χ0n) is 11.9. The summed E-state index contributed by atoms with van der Waals surface area (Å²) in [7, 11) is 0. The minimum atomic E-state index is -0.764. The second kappa shape index (κ2) is 7.26. The van der Waals surface area contributed by atoms with Gasteiger partial charge in [-0.25, -0.2) is 0 Å². The lowest BCUT2D eigenvalue weighted by atomic mass is 10.2. The van der Waals surface area contributed by atoms with Gasteiger partial charge in [0.15, 0.2) is 6.10 Å². The van der Waals surface area contributed by atoms with Gasteiger partial charge in [-0.05, 0) is 65.9 Å². The summed E-state index contributed by atoms with van der Waals surface area (Å²) in [6, 6.07) is 14.0. The topological polar surface area (TPSA) is 81.4 Å². The van der Waals surface area contributed by atoms with Crippen LogP contribution < -0.4 is 15.8 Å². The van der Waals surface area contributed by atoms with E-state index in [1.54, 1.807) is 31.2 Å². The molecule has 0 aliphatic heterocycles. The quantitative estimate of drug-likeness (QED) is 0.744. The van der Waals surface area contributed by atoms with E-state index in [9.17, 15) is 9.59 Å². The lowest BCUT2D eigenvalue weighted by molar-refractivity contribution is -0.122. The van der Waals surface area contributed by atoms with E-state index in [0.717, 1.165) is 3.57 Å². The largest absolute Gasteiger partial charge is 0.480 e. The third kappa shape index (κ3) is 4.20. The number of halogens is 1. The number of nitrogens with two attached hydrogens (primary N) is 1. The highest BCUT2D eigenvalue weighted by molar-refractivity contribution is 14.1. The van der Waals surface area contributed by atoms with Crippen molar-refractivity contribution in [2.24, 2.45) is 5.73 Å². The van der Waals surface area contributed by atoms with Crippen LogP contribution in [-0.2, 0) is 4.79 Å². The van der Waals surface area contributed by atoms with Crippen molar-refractivity contribution in [3.8, 4) is 5.75 Å². The van der Waals surface area contributed by atoms with E-state index in [2.05, 4.69) is 27.9 Å². The highest BCUT2D eigenvalue weighted by Crippen LogP contribution is 2.19. The van der Waals surface area contributed by atoms with Crippen LogP contribution in [0.5, 0.6) is 5.75 Å². The molecular formula is C16H15IN2O3. The standard InChI is InChI=1S/C16H15IN2O3/c1-10(16(21)19-12-8-6-11(17)7-9-12)22-14-5-3-2-4-13(14)15(18)20/h2-10H,1H3,(H2,18,20)(H,19,21). The van der Waals surface area contributed by atoms with Crippen LogP contribution in [0.2, 0.25) is 0 Å². The molecule has 0 aliphatic carbocycles. The number of hydrogen-bond acceptors (Lipinski definition) is 3. The van der Waals surface area contributed by atoms with E-state index in [0.29, 0.717) is 11.4 Å². The number of rotatable bonds is 5. The summed E-state index contributed by atoms with van der Waals surface area (Å²) in [4.78, 5) is 23.5. The number of carbonyl (C=O) groups is 2. The molecule has 1 unspecified atom stereocenters. The molecule has 22 heavy (non-hydrogen) atoms. The highest BCUT2D eigenvalue weighted by Gasteiger charge is 2.17. The second-order valence-electron chi connectivity index (χ2n) is 4.62. The summed E-state index contributed by atoms with van der Waals surface area (Å²) in [5.74, 6) is -0.610. The minimum absolute atomic E-state index is 0.247. The number of ether oxygens (including phenoxy) is 1. The third-order valence-electron chi connectivity index (χ3n) is 2.94. The molecule has 114 valence electrons. The first-order valence-corrected chi connectivity index (χ1v) is 7.67. The van der Waals surface area contributed by atoms with Gasteiger partial charge in [-0.2, -0.15) is 0 Å². The SMILES string of the molecule is CC(Oc1ccccc1C(N)=O)C(=O)Nc1ccc(I)cc1. The van der Waals surface area contributed by atoms with Crippen LogP contribution in [0.25, 0.3) is 0 Å². The normalized spacial score (nSPS) is 11.5. The van der Waals surface area contributed by atoms with Crippen molar-refractivity contribution in [1.82, 2.24) is 0 Å². The van der Waals surface area contributed by atoms with E-state index in [-0.39, 0.29) is 11.5 Å². The number of amides is 2. The first-order chi connectivity index (χ1) is 10.5. The lowest BCUT2D eigenvalue weighted by Crippen LogP contribution is -2.30. The minimum Gasteiger partial charge on any atom is -0.480 e. The van der Waals surface area contributed by atoms with Crippen molar-refractivity contribution in [1.29, 1.82) is 0 Å². The average molecular weight is 410 g/mol. The number of para-hydroxylation sites is 1. The molecule has 2 aromatic carbocycles. The molecule has 2 amide bonds. The maximum absolute atomic E-state index is 12.1. The molecule has 2 rings (SSSR count).